The summed E-state index contributed by atoms with van der Waals surface area (Å²) in [4.78, 5) is 27.0. The van der Waals surface area contributed by atoms with Crippen LogP contribution in [0, 0.1) is 11.8 Å². The molecule has 5 rings (SSSR count). The summed E-state index contributed by atoms with van der Waals surface area (Å²) in [6.45, 7) is 6.13. The predicted octanol–water partition coefficient (Wildman–Crippen LogP) is -0.361. The van der Waals surface area contributed by atoms with Crippen LogP contribution in [0.1, 0.15) is 20.3 Å². The van der Waals surface area contributed by atoms with Gasteiger partial charge in [0.2, 0.25) is 0 Å². The molecule has 5 aliphatic rings. The summed E-state index contributed by atoms with van der Waals surface area (Å²) in [6.07, 6.45) is 0.106. The molecule has 1 aliphatic carbocycles. The average Bonchev–Trinajstić information content (AvgIpc) is 3.05. The molecule has 0 radical (unpaired) electrons. The molecule has 0 aromatic heterocycles. The lowest BCUT2D eigenvalue weighted by Gasteiger charge is -2.37. The van der Waals surface area contributed by atoms with Crippen LogP contribution in [-0.2, 0) is 28.5 Å². The van der Waals surface area contributed by atoms with Crippen molar-refractivity contribution in [2.24, 2.45) is 11.8 Å². The summed E-state index contributed by atoms with van der Waals surface area (Å²) < 4.78 is 22.6. The Bertz CT molecular complexity index is 702. The number of fused-ring (bicyclic) bond motifs is 4. The van der Waals surface area contributed by atoms with Crippen molar-refractivity contribution in [3.63, 3.8) is 0 Å². The number of esters is 2. The number of aliphatic hydroxyl groups is 1. The number of carbonyl (C=O) groups is 2. The summed E-state index contributed by atoms with van der Waals surface area (Å²) in [6, 6.07) is -0.497. The van der Waals surface area contributed by atoms with Crippen molar-refractivity contribution >= 4 is 11.9 Å². The van der Waals surface area contributed by atoms with Gasteiger partial charge in [-0.15, -0.1) is 0 Å². The smallest absolute Gasteiger partial charge is 0.336 e. The third-order valence-corrected chi connectivity index (χ3v) is 6.79. The van der Waals surface area contributed by atoms with E-state index in [0.29, 0.717) is 38.3 Å². The van der Waals surface area contributed by atoms with E-state index in [2.05, 4.69) is 4.90 Å². The van der Waals surface area contributed by atoms with Crippen molar-refractivity contribution in [3.8, 4) is 0 Å². The number of nitrogens with zero attached hydrogens (tertiary/aromatic N) is 1. The number of rotatable bonds is 1. The van der Waals surface area contributed by atoms with Gasteiger partial charge in [-0.2, -0.15) is 0 Å². The van der Waals surface area contributed by atoms with Crippen molar-refractivity contribution in [2.45, 2.75) is 56.3 Å². The Morgan fingerprint density at radius 2 is 1.96 bits per heavy atom. The summed E-state index contributed by atoms with van der Waals surface area (Å²) in [5, 5.41) is 11.1. The van der Waals surface area contributed by atoms with E-state index in [9.17, 15) is 14.7 Å². The normalized spacial score (nSPS) is 49.6. The lowest BCUT2D eigenvalue weighted by Crippen LogP contribution is -2.53. The van der Waals surface area contributed by atoms with Gasteiger partial charge in [-0.25, -0.2) is 4.79 Å². The number of morpholine rings is 1. The standard InChI is InChI=1S/C19H25NO7/c1-9-13-11-7-10(18(23)25-11)14(20-3-5-24-6-4-20)15(21)16-19(2,27-16)8-12(13)26-17(9)22/h7,9,11-16,21H,3-6,8H2,1-2H3/t9?,11-,12+,13+,14+,15+,16+,19+/m1/s1. The number of epoxide rings is 1. The van der Waals surface area contributed by atoms with E-state index in [4.69, 9.17) is 18.9 Å². The Kier molecular flexibility index (Phi) is 3.92. The van der Waals surface area contributed by atoms with E-state index < -0.39 is 35.9 Å². The molecule has 4 aliphatic heterocycles. The number of ether oxygens (including phenoxy) is 4. The van der Waals surface area contributed by atoms with Crippen molar-refractivity contribution in [3.05, 3.63) is 11.6 Å². The molecule has 0 amide bonds. The molecular weight excluding hydrogens is 354 g/mol. The van der Waals surface area contributed by atoms with Crippen LogP contribution < -0.4 is 0 Å². The van der Waals surface area contributed by atoms with Gasteiger partial charge >= 0.3 is 11.9 Å². The zero-order valence-electron chi connectivity index (χ0n) is 15.5. The fourth-order valence-electron chi connectivity index (χ4n) is 5.24. The SMILES string of the molecule is CC1C(=O)O[C@H]2C[C@]3(C)O[C@H]3[C@@H](O)[C@@H](N3CCOCC3)C3=C[C@@H](OC3=O)[C@H]12. The minimum absolute atomic E-state index is 0.235. The first-order valence-electron chi connectivity index (χ1n) is 9.70. The molecule has 0 spiro atoms. The monoisotopic (exact) mass is 379 g/mol. The molecule has 27 heavy (non-hydrogen) atoms. The molecule has 0 saturated carbocycles. The van der Waals surface area contributed by atoms with Gasteiger partial charge in [-0.1, -0.05) is 6.92 Å². The van der Waals surface area contributed by atoms with E-state index in [-0.39, 0.29) is 23.9 Å². The van der Waals surface area contributed by atoms with Crippen molar-refractivity contribution in [2.75, 3.05) is 26.3 Å². The zero-order valence-corrected chi connectivity index (χ0v) is 15.5. The average molecular weight is 379 g/mol. The molecule has 8 atom stereocenters. The van der Waals surface area contributed by atoms with Crippen LogP contribution in [0.15, 0.2) is 11.6 Å². The quantitative estimate of drug-likeness (QED) is 0.487. The predicted molar refractivity (Wildman–Crippen MR) is 90.6 cm³/mol. The highest BCUT2D eigenvalue weighted by Crippen LogP contribution is 2.50. The van der Waals surface area contributed by atoms with Gasteiger partial charge in [0, 0.05) is 25.4 Å². The van der Waals surface area contributed by atoms with Gasteiger partial charge in [0.05, 0.1) is 36.3 Å². The molecule has 3 saturated heterocycles. The highest BCUT2D eigenvalue weighted by Gasteiger charge is 2.64. The largest absolute Gasteiger partial charge is 0.462 e. The number of carbonyl (C=O) groups excluding carboxylic acids is 2. The first-order chi connectivity index (χ1) is 12.9. The molecule has 148 valence electrons. The molecule has 2 bridgehead atoms. The maximum Gasteiger partial charge on any atom is 0.336 e. The number of hydrogen-bond donors (Lipinski definition) is 1. The first-order valence-corrected chi connectivity index (χ1v) is 9.70. The fraction of sp³-hybridized carbons (Fsp3) is 0.789. The van der Waals surface area contributed by atoms with Crippen LogP contribution in [0.4, 0.5) is 0 Å². The molecule has 8 nitrogen and oxygen atoms in total. The maximum atomic E-state index is 12.7. The molecule has 4 heterocycles. The van der Waals surface area contributed by atoms with Gasteiger partial charge in [-0.05, 0) is 13.0 Å². The van der Waals surface area contributed by atoms with Crippen LogP contribution in [0.2, 0.25) is 0 Å². The van der Waals surface area contributed by atoms with Gasteiger partial charge < -0.3 is 24.1 Å². The Morgan fingerprint density at radius 1 is 1.22 bits per heavy atom. The second kappa shape index (κ2) is 6.01. The van der Waals surface area contributed by atoms with Crippen molar-refractivity contribution in [1.29, 1.82) is 0 Å². The summed E-state index contributed by atoms with van der Waals surface area (Å²) in [5.41, 5.74) is -0.114. The van der Waals surface area contributed by atoms with Gasteiger partial charge in [0.25, 0.3) is 0 Å². The minimum atomic E-state index is -0.864. The van der Waals surface area contributed by atoms with Gasteiger partial charge in [-0.3, -0.25) is 9.69 Å². The molecule has 8 heteroatoms. The topological polar surface area (TPSA) is 97.8 Å². The van der Waals surface area contributed by atoms with Gasteiger partial charge in [0.15, 0.2) is 0 Å². The first kappa shape index (κ1) is 17.6. The molecule has 1 N–H and O–H groups in total. The second-order valence-electron chi connectivity index (χ2n) is 8.47. The van der Waals surface area contributed by atoms with E-state index in [1.54, 1.807) is 6.08 Å². The van der Waals surface area contributed by atoms with Crippen LogP contribution in [0.5, 0.6) is 0 Å². The van der Waals surface area contributed by atoms with E-state index >= 15 is 0 Å². The highest BCUT2D eigenvalue weighted by molar-refractivity contribution is 5.92. The Morgan fingerprint density at radius 3 is 2.70 bits per heavy atom. The Labute approximate surface area is 157 Å². The van der Waals surface area contributed by atoms with Crippen molar-refractivity contribution < 1.29 is 33.6 Å². The van der Waals surface area contributed by atoms with Crippen molar-refractivity contribution in [1.82, 2.24) is 4.90 Å². The lowest BCUT2D eigenvalue weighted by atomic mass is 9.79. The maximum absolute atomic E-state index is 12.7. The third-order valence-electron chi connectivity index (χ3n) is 6.79. The molecule has 3 fully saturated rings. The van der Waals surface area contributed by atoms with Gasteiger partial charge in [0.1, 0.15) is 24.4 Å². The molecule has 0 aromatic carbocycles. The minimum Gasteiger partial charge on any atom is -0.462 e. The summed E-state index contributed by atoms with van der Waals surface area (Å²) in [7, 11) is 0. The van der Waals surface area contributed by atoms with E-state index in [1.165, 1.54) is 0 Å². The van der Waals surface area contributed by atoms with E-state index in [0.717, 1.165) is 0 Å². The van der Waals surface area contributed by atoms with Crippen LogP contribution >= 0.6 is 0 Å². The number of hydrogen-bond acceptors (Lipinski definition) is 8. The number of aliphatic hydroxyl groups excluding tert-OH is 1. The van der Waals surface area contributed by atoms with Crippen LogP contribution in [-0.4, -0.2) is 84.3 Å². The zero-order chi connectivity index (χ0) is 18.9. The Hall–Kier alpha value is -1.48. The Balaban J connectivity index is 1.56. The highest BCUT2D eigenvalue weighted by atomic mass is 16.6. The molecule has 0 aromatic rings. The molecular formula is C19H25NO7. The second-order valence-corrected chi connectivity index (χ2v) is 8.47. The summed E-state index contributed by atoms with van der Waals surface area (Å²) >= 11 is 0. The van der Waals surface area contributed by atoms with E-state index in [1.807, 2.05) is 13.8 Å². The third kappa shape index (κ3) is 2.65. The fourth-order valence-corrected chi connectivity index (χ4v) is 5.24. The summed E-state index contributed by atoms with van der Waals surface area (Å²) in [5.74, 6) is -1.28. The van der Waals surface area contributed by atoms with Crippen LogP contribution in [0.3, 0.4) is 0 Å². The van der Waals surface area contributed by atoms with Crippen LogP contribution in [0.25, 0.3) is 0 Å². The molecule has 1 unspecified atom stereocenters. The lowest BCUT2D eigenvalue weighted by molar-refractivity contribution is -0.144.